The van der Waals surface area contributed by atoms with E-state index in [0.29, 0.717) is 29.8 Å². The SMILES string of the molecule is C=C1C[C@H](CCCOC(=O)C(C)(C)C)O[C@H]1CC[C@H]1C[C@@H](C)C(=C)[C@@H](C[C@@H]2O[C@H](C[C@H](C)CC)[C@H](C)[C@H]2CS(=O)(=O)c2ccccc2)O1. The molecule has 4 rings (SSSR count). The van der Waals surface area contributed by atoms with Gasteiger partial charge >= 0.3 is 5.97 Å². The zero-order valence-electron chi connectivity index (χ0n) is 30.6. The van der Waals surface area contributed by atoms with E-state index in [0.717, 1.165) is 62.5 Å². The molecule has 0 N–H and O–H groups in total. The lowest BCUT2D eigenvalue weighted by Crippen LogP contribution is -2.38. The van der Waals surface area contributed by atoms with E-state index in [1.54, 1.807) is 24.3 Å². The van der Waals surface area contributed by atoms with Crippen molar-refractivity contribution in [2.45, 2.75) is 148 Å². The van der Waals surface area contributed by atoms with Gasteiger partial charge in [0, 0.05) is 12.3 Å². The van der Waals surface area contributed by atoms with Gasteiger partial charge in [-0.25, -0.2) is 8.42 Å². The van der Waals surface area contributed by atoms with Crippen LogP contribution < -0.4 is 0 Å². The molecule has 8 heteroatoms. The molecule has 270 valence electrons. The van der Waals surface area contributed by atoms with E-state index >= 15 is 0 Å². The molecular formula is C40H62O7S. The Bertz CT molecular complexity index is 1330. The van der Waals surface area contributed by atoms with Crippen LogP contribution in [0, 0.1) is 29.1 Å². The summed E-state index contributed by atoms with van der Waals surface area (Å²) < 4.78 is 52.5. The Hall–Kier alpha value is -2.00. The molecule has 0 aromatic heterocycles. The zero-order chi connectivity index (χ0) is 35.2. The van der Waals surface area contributed by atoms with Gasteiger partial charge in [0.25, 0.3) is 0 Å². The molecule has 10 atom stereocenters. The minimum absolute atomic E-state index is 0.00233. The lowest BCUT2D eigenvalue weighted by atomic mass is 9.81. The lowest BCUT2D eigenvalue weighted by Gasteiger charge is -2.38. The third kappa shape index (κ3) is 10.3. The Labute approximate surface area is 291 Å². The maximum Gasteiger partial charge on any atom is 0.311 e. The summed E-state index contributed by atoms with van der Waals surface area (Å²) in [7, 11) is -3.48. The van der Waals surface area contributed by atoms with Gasteiger partial charge in [-0.3, -0.25) is 4.79 Å². The topological polar surface area (TPSA) is 88.1 Å². The number of hydrogen-bond acceptors (Lipinski definition) is 7. The van der Waals surface area contributed by atoms with Gasteiger partial charge in [0.1, 0.15) is 0 Å². The first-order valence-corrected chi connectivity index (χ1v) is 20.0. The Morgan fingerprint density at radius 1 is 0.979 bits per heavy atom. The summed E-state index contributed by atoms with van der Waals surface area (Å²) in [5.74, 6) is 0.695. The van der Waals surface area contributed by atoms with Crippen molar-refractivity contribution in [3.05, 3.63) is 54.6 Å². The number of sulfone groups is 1. The van der Waals surface area contributed by atoms with Gasteiger partial charge in [0.05, 0.1) is 59.3 Å². The second kappa shape index (κ2) is 16.8. The van der Waals surface area contributed by atoms with Crippen LogP contribution in [0.2, 0.25) is 0 Å². The van der Waals surface area contributed by atoms with E-state index in [9.17, 15) is 13.2 Å². The normalized spacial score (nSPS) is 32.0. The van der Waals surface area contributed by atoms with Crippen molar-refractivity contribution < 1.29 is 32.2 Å². The fraction of sp³-hybridized carbons (Fsp3) is 0.725. The van der Waals surface area contributed by atoms with Gasteiger partial charge in [-0.2, -0.15) is 0 Å². The molecule has 1 aromatic rings. The zero-order valence-corrected chi connectivity index (χ0v) is 31.4. The third-order valence-corrected chi connectivity index (χ3v) is 12.8. The van der Waals surface area contributed by atoms with E-state index in [1.807, 2.05) is 26.8 Å². The molecule has 0 aliphatic carbocycles. The van der Waals surface area contributed by atoms with Crippen LogP contribution in [0.4, 0.5) is 0 Å². The Morgan fingerprint density at radius 3 is 2.33 bits per heavy atom. The second-order valence-corrected chi connectivity index (χ2v) is 18.0. The fourth-order valence-electron chi connectivity index (χ4n) is 7.48. The molecule has 3 fully saturated rings. The number of carbonyl (C=O) groups is 1. The predicted octanol–water partition coefficient (Wildman–Crippen LogP) is 8.52. The van der Waals surface area contributed by atoms with Crippen molar-refractivity contribution in [3.8, 4) is 0 Å². The maximum atomic E-state index is 13.6. The van der Waals surface area contributed by atoms with Crippen molar-refractivity contribution in [2.75, 3.05) is 12.4 Å². The number of rotatable bonds is 15. The molecule has 0 unspecified atom stereocenters. The van der Waals surface area contributed by atoms with Crippen LogP contribution in [0.15, 0.2) is 59.5 Å². The van der Waals surface area contributed by atoms with Crippen LogP contribution in [0.25, 0.3) is 0 Å². The number of benzene rings is 1. The molecule has 0 spiro atoms. The highest BCUT2D eigenvalue weighted by atomic mass is 32.2. The van der Waals surface area contributed by atoms with Gasteiger partial charge in [-0.1, -0.05) is 65.5 Å². The van der Waals surface area contributed by atoms with Gasteiger partial charge in [-0.15, -0.1) is 0 Å². The lowest BCUT2D eigenvalue weighted by molar-refractivity contribution is -0.153. The number of hydrogen-bond donors (Lipinski definition) is 0. The van der Waals surface area contributed by atoms with E-state index < -0.39 is 15.3 Å². The van der Waals surface area contributed by atoms with Crippen LogP contribution in [-0.4, -0.2) is 63.4 Å². The quantitative estimate of drug-likeness (QED) is 0.104. The number of ether oxygens (including phenoxy) is 4. The standard InChI is InChI=1S/C40H62O7S/c1-10-26(2)21-36-30(6)34(25-48(42,43)33-16-12-11-13-17-33)38(47-36)24-37-29(5)27(3)22-32(46-37)18-19-35-28(4)23-31(45-35)15-14-20-44-39(41)40(7,8)9/h11-13,16-17,26-27,30-32,34-38H,4-5,10,14-15,18-25H2,1-3,6-9H3/t26-,27-,30-,31+,32+,34-,35+,36-,37-,38+/m1/s1. The summed E-state index contributed by atoms with van der Waals surface area (Å²) in [6.07, 6.45) is 7.44. The maximum absolute atomic E-state index is 13.6. The average molecular weight is 687 g/mol. The molecule has 0 saturated carbocycles. The summed E-state index contributed by atoms with van der Waals surface area (Å²) >= 11 is 0. The van der Waals surface area contributed by atoms with Crippen molar-refractivity contribution in [1.82, 2.24) is 0 Å². The van der Waals surface area contributed by atoms with Crippen LogP contribution in [-0.2, 0) is 33.6 Å². The summed E-state index contributed by atoms with van der Waals surface area (Å²) in [5.41, 5.74) is 1.71. The highest BCUT2D eigenvalue weighted by Gasteiger charge is 2.46. The fourth-order valence-corrected chi connectivity index (χ4v) is 9.27. The monoisotopic (exact) mass is 686 g/mol. The van der Waals surface area contributed by atoms with Crippen molar-refractivity contribution >= 4 is 15.8 Å². The first kappa shape index (κ1) is 38.8. The van der Waals surface area contributed by atoms with Crippen molar-refractivity contribution in [3.63, 3.8) is 0 Å². The van der Waals surface area contributed by atoms with Gasteiger partial charge in [0.15, 0.2) is 9.84 Å². The number of carbonyl (C=O) groups excluding carboxylic acids is 1. The molecule has 3 aliphatic heterocycles. The number of esters is 1. The molecule has 3 aliphatic rings. The van der Waals surface area contributed by atoms with Gasteiger partial charge in [0.2, 0.25) is 0 Å². The molecule has 0 bridgehead atoms. The van der Waals surface area contributed by atoms with Crippen LogP contribution in [0.3, 0.4) is 0 Å². The third-order valence-electron chi connectivity index (χ3n) is 11.0. The summed E-state index contributed by atoms with van der Waals surface area (Å²) in [5, 5.41) is 0. The smallest absolute Gasteiger partial charge is 0.311 e. The summed E-state index contributed by atoms with van der Waals surface area (Å²) in [4.78, 5) is 12.4. The first-order chi connectivity index (χ1) is 22.6. The first-order valence-electron chi connectivity index (χ1n) is 18.4. The Kier molecular flexibility index (Phi) is 13.6. The summed E-state index contributed by atoms with van der Waals surface area (Å²) in [6.45, 7) is 23.6. The predicted molar refractivity (Wildman–Crippen MR) is 191 cm³/mol. The molecular weight excluding hydrogens is 625 g/mol. The summed E-state index contributed by atoms with van der Waals surface area (Å²) in [6, 6.07) is 8.79. The highest BCUT2D eigenvalue weighted by molar-refractivity contribution is 7.91. The molecule has 0 radical (unpaired) electrons. The van der Waals surface area contributed by atoms with E-state index in [2.05, 4.69) is 40.9 Å². The van der Waals surface area contributed by atoms with Crippen molar-refractivity contribution in [2.24, 2.45) is 29.1 Å². The minimum atomic E-state index is -3.48. The van der Waals surface area contributed by atoms with Gasteiger partial charge < -0.3 is 18.9 Å². The molecule has 7 nitrogen and oxygen atoms in total. The van der Waals surface area contributed by atoms with Gasteiger partial charge in [-0.05, 0) is 107 Å². The highest BCUT2D eigenvalue weighted by Crippen LogP contribution is 2.43. The molecule has 3 saturated heterocycles. The molecule has 3 heterocycles. The van der Waals surface area contributed by atoms with Crippen LogP contribution in [0.1, 0.15) is 106 Å². The van der Waals surface area contributed by atoms with E-state index in [-0.39, 0.29) is 60.2 Å². The van der Waals surface area contributed by atoms with Crippen molar-refractivity contribution in [1.29, 1.82) is 0 Å². The minimum Gasteiger partial charge on any atom is -0.465 e. The Morgan fingerprint density at radius 2 is 1.67 bits per heavy atom. The molecule has 48 heavy (non-hydrogen) atoms. The molecule has 0 amide bonds. The van der Waals surface area contributed by atoms with Crippen LogP contribution >= 0.6 is 0 Å². The van der Waals surface area contributed by atoms with E-state index in [4.69, 9.17) is 18.9 Å². The largest absolute Gasteiger partial charge is 0.465 e. The van der Waals surface area contributed by atoms with Crippen LogP contribution in [0.5, 0.6) is 0 Å². The second-order valence-electron chi connectivity index (χ2n) is 16.0. The Balaban J connectivity index is 1.35. The van der Waals surface area contributed by atoms with E-state index in [1.165, 1.54) is 0 Å². The average Bonchev–Trinajstić information content (AvgIpc) is 3.53. The molecule has 1 aromatic carbocycles.